The van der Waals surface area contributed by atoms with E-state index in [-0.39, 0.29) is 30.1 Å². The molecular weight excluding hydrogens is 486 g/mol. The summed E-state index contributed by atoms with van der Waals surface area (Å²) in [6, 6.07) is 8.57. The number of sulfonamides is 1. The van der Waals surface area contributed by atoms with Crippen molar-refractivity contribution in [2.24, 2.45) is 11.8 Å². The molecule has 0 amide bonds. The molecule has 1 fully saturated rings. The molecule has 2 aromatic rings. The maximum Gasteiger partial charge on any atom is 0.247 e. The van der Waals surface area contributed by atoms with Gasteiger partial charge in [-0.3, -0.25) is 9.88 Å². The quantitative estimate of drug-likeness (QED) is 0.576. The van der Waals surface area contributed by atoms with E-state index in [1.807, 2.05) is 32.3 Å². The summed E-state index contributed by atoms with van der Waals surface area (Å²) in [7, 11) is -1.83. The number of ether oxygens (including phenoxy) is 1. The summed E-state index contributed by atoms with van der Waals surface area (Å²) < 4.78 is 35.3. The summed E-state index contributed by atoms with van der Waals surface area (Å²) in [5, 5.41) is 9.86. The SMILES string of the molecule is C[C@@H]1CN([C@@H](C)CO)S(=O)(=O)c2ccc(C#CC3CCCCC3)cc2O[C@@H]1CN(C)Cc1cccnc1. The fourth-order valence-electron chi connectivity index (χ4n) is 5.13. The van der Waals surface area contributed by atoms with Crippen LogP contribution in [0.25, 0.3) is 0 Å². The lowest BCUT2D eigenvalue weighted by molar-refractivity contribution is 0.0733. The topological polar surface area (TPSA) is 83.0 Å². The minimum Gasteiger partial charge on any atom is -0.487 e. The van der Waals surface area contributed by atoms with Crippen molar-refractivity contribution in [3.8, 4) is 17.6 Å². The summed E-state index contributed by atoms with van der Waals surface area (Å²) in [5.41, 5.74) is 1.86. The van der Waals surface area contributed by atoms with Crippen LogP contribution < -0.4 is 4.74 Å². The van der Waals surface area contributed by atoms with E-state index in [0.29, 0.717) is 24.8 Å². The fraction of sp³-hybridized carbons (Fsp3) is 0.552. The van der Waals surface area contributed by atoms with E-state index in [4.69, 9.17) is 4.74 Å². The number of hydrogen-bond acceptors (Lipinski definition) is 6. The predicted octanol–water partition coefficient (Wildman–Crippen LogP) is 3.91. The summed E-state index contributed by atoms with van der Waals surface area (Å²) in [5.74, 6) is 7.30. The van der Waals surface area contributed by atoms with Crippen LogP contribution >= 0.6 is 0 Å². The summed E-state index contributed by atoms with van der Waals surface area (Å²) in [6.07, 6.45) is 9.31. The Kier molecular flexibility index (Phi) is 9.25. The van der Waals surface area contributed by atoms with Crippen LogP contribution in [-0.2, 0) is 16.6 Å². The highest BCUT2D eigenvalue weighted by Crippen LogP contribution is 2.34. The van der Waals surface area contributed by atoms with Gasteiger partial charge in [0.25, 0.3) is 0 Å². The molecule has 0 spiro atoms. The van der Waals surface area contributed by atoms with Gasteiger partial charge in [-0.25, -0.2) is 8.42 Å². The molecule has 1 aliphatic carbocycles. The minimum atomic E-state index is -3.86. The van der Waals surface area contributed by atoms with Gasteiger partial charge in [-0.15, -0.1) is 0 Å². The first kappa shape index (κ1) is 27.6. The highest BCUT2D eigenvalue weighted by molar-refractivity contribution is 7.89. The van der Waals surface area contributed by atoms with Gasteiger partial charge in [0, 0.05) is 55.5 Å². The number of nitrogens with zero attached hydrogens (tertiary/aromatic N) is 3. The Hall–Kier alpha value is -2.44. The second-order valence-corrected chi connectivity index (χ2v) is 12.4. The third-order valence-electron chi connectivity index (χ3n) is 7.36. The first-order chi connectivity index (χ1) is 17.8. The zero-order valence-corrected chi connectivity index (χ0v) is 23.0. The Bertz CT molecular complexity index is 1200. The number of hydrogen-bond donors (Lipinski definition) is 1. The third kappa shape index (κ3) is 6.91. The van der Waals surface area contributed by atoms with Crippen LogP contribution in [-0.4, -0.2) is 66.6 Å². The normalized spacial score (nSPS) is 23.2. The molecule has 4 rings (SSSR count). The number of fused-ring (bicyclic) bond motifs is 1. The molecule has 2 heterocycles. The maximum absolute atomic E-state index is 13.7. The van der Waals surface area contributed by atoms with E-state index in [0.717, 1.165) is 24.0 Å². The first-order valence-electron chi connectivity index (χ1n) is 13.3. The Labute approximate surface area is 221 Å². The molecule has 0 saturated heterocycles. The zero-order valence-electron chi connectivity index (χ0n) is 22.1. The molecule has 37 heavy (non-hydrogen) atoms. The molecule has 0 bridgehead atoms. The number of aliphatic hydroxyl groups is 1. The van der Waals surface area contributed by atoms with Gasteiger partial charge in [-0.05, 0) is 56.6 Å². The summed E-state index contributed by atoms with van der Waals surface area (Å²) in [6.45, 7) is 5.06. The number of aromatic nitrogens is 1. The molecule has 1 aromatic carbocycles. The van der Waals surface area contributed by atoms with Crippen LogP contribution in [0, 0.1) is 23.7 Å². The molecule has 1 N–H and O–H groups in total. The van der Waals surface area contributed by atoms with E-state index in [1.54, 1.807) is 31.3 Å². The standard InChI is InChI=1S/C29H39N3O4S/c1-22-18-32(23(2)21-33)37(34,35)29-14-13-25(12-11-24-8-5-4-6-9-24)16-27(29)36-28(22)20-31(3)19-26-10-7-15-30-17-26/h7,10,13-17,22-24,28,33H,4-6,8-9,18-21H2,1-3H3/t22-,23+,28-/m1/s1. The second-order valence-electron chi connectivity index (χ2n) is 10.6. The van der Waals surface area contributed by atoms with Crippen molar-refractivity contribution in [3.05, 3.63) is 53.9 Å². The van der Waals surface area contributed by atoms with Gasteiger partial charge >= 0.3 is 0 Å². The average Bonchev–Trinajstić information content (AvgIpc) is 2.90. The molecule has 1 aromatic heterocycles. The van der Waals surface area contributed by atoms with Crippen molar-refractivity contribution in [1.82, 2.24) is 14.2 Å². The number of pyridine rings is 1. The highest BCUT2D eigenvalue weighted by atomic mass is 32.2. The molecule has 0 radical (unpaired) electrons. The Morgan fingerprint density at radius 3 is 2.73 bits per heavy atom. The van der Waals surface area contributed by atoms with Gasteiger partial charge in [0.05, 0.1) is 6.61 Å². The molecule has 1 aliphatic heterocycles. The molecule has 3 atom stereocenters. The lowest BCUT2D eigenvalue weighted by Crippen LogP contribution is -2.49. The lowest BCUT2D eigenvalue weighted by atomic mass is 9.90. The van der Waals surface area contributed by atoms with Crippen LogP contribution in [0.3, 0.4) is 0 Å². The largest absolute Gasteiger partial charge is 0.487 e. The van der Waals surface area contributed by atoms with Crippen molar-refractivity contribution in [2.75, 3.05) is 26.7 Å². The summed E-state index contributed by atoms with van der Waals surface area (Å²) in [4.78, 5) is 6.50. The van der Waals surface area contributed by atoms with Crippen LogP contribution in [0.5, 0.6) is 5.75 Å². The number of rotatable bonds is 6. The molecule has 8 heteroatoms. The van der Waals surface area contributed by atoms with Crippen LogP contribution in [0.4, 0.5) is 0 Å². The number of benzene rings is 1. The van der Waals surface area contributed by atoms with E-state index >= 15 is 0 Å². The van der Waals surface area contributed by atoms with Crippen LogP contribution in [0.15, 0.2) is 47.6 Å². The Morgan fingerprint density at radius 2 is 2.03 bits per heavy atom. The number of aliphatic hydroxyl groups excluding tert-OH is 1. The third-order valence-corrected chi connectivity index (χ3v) is 9.38. The van der Waals surface area contributed by atoms with Crippen molar-refractivity contribution in [1.29, 1.82) is 0 Å². The van der Waals surface area contributed by atoms with Crippen molar-refractivity contribution >= 4 is 10.0 Å². The summed E-state index contributed by atoms with van der Waals surface area (Å²) >= 11 is 0. The van der Waals surface area contributed by atoms with Gasteiger partial charge < -0.3 is 9.84 Å². The number of likely N-dealkylation sites (N-methyl/N-ethyl adjacent to an activating group) is 1. The van der Waals surface area contributed by atoms with Gasteiger partial charge in [-0.1, -0.05) is 44.1 Å². The maximum atomic E-state index is 13.7. The molecular formula is C29H39N3O4S. The fourth-order valence-corrected chi connectivity index (χ4v) is 6.95. The molecule has 200 valence electrons. The van der Waals surface area contributed by atoms with Crippen molar-refractivity contribution in [3.63, 3.8) is 0 Å². The lowest BCUT2D eigenvalue weighted by Gasteiger charge is -2.37. The zero-order chi connectivity index (χ0) is 26.4. The smallest absolute Gasteiger partial charge is 0.247 e. The van der Waals surface area contributed by atoms with E-state index in [9.17, 15) is 13.5 Å². The molecule has 7 nitrogen and oxygen atoms in total. The molecule has 2 aliphatic rings. The minimum absolute atomic E-state index is 0.106. The van der Waals surface area contributed by atoms with E-state index < -0.39 is 16.1 Å². The second kappa shape index (κ2) is 12.4. The highest BCUT2D eigenvalue weighted by Gasteiger charge is 2.38. The van der Waals surface area contributed by atoms with Gasteiger partial charge in [0.1, 0.15) is 16.7 Å². The van der Waals surface area contributed by atoms with Crippen LogP contribution in [0.2, 0.25) is 0 Å². The van der Waals surface area contributed by atoms with Gasteiger partial charge in [-0.2, -0.15) is 4.31 Å². The average molecular weight is 526 g/mol. The first-order valence-corrected chi connectivity index (χ1v) is 14.7. The Morgan fingerprint density at radius 1 is 1.24 bits per heavy atom. The Balaban J connectivity index is 1.65. The van der Waals surface area contributed by atoms with Crippen molar-refractivity contribution < 1.29 is 18.3 Å². The van der Waals surface area contributed by atoms with Gasteiger partial charge in [0.2, 0.25) is 10.0 Å². The van der Waals surface area contributed by atoms with E-state index in [1.165, 1.54) is 23.6 Å². The predicted molar refractivity (Wildman–Crippen MR) is 144 cm³/mol. The van der Waals surface area contributed by atoms with E-state index in [2.05, 4.69) is 21.7 Å². The van der Waals surface area contributed by atoms with Crippen molar-refractivity contribution in [2.45, 2.75) is 69.5 Å². The monoisotopic (exact) mass is 525 g/mol. The molecule has 1 saturated carbocycles. The van der Waals surface area contributed by atoms with Crippen LogP contribution in [0.1, 0.15) is 57.1 Å². The van der Waals surface area contributed by atoms with Gasteiger partial charge in [0.15, 0.2) is 0 Å². The molecule has 0 unspecified atom stereocenters.